The molecule has 0 aliphatic carbocycles. The van der Waals surface area contributed by atoms with Gasteiger partial charge in [0.05, 0.1) is 12.7 Å². The molecule has 1 aromatic heterocycles. The zero-order valence-corrected chi connectivity index (χ0v) is 7.99. The number of hydrogen-bond acceptors (Lipinski definition) is 4. The first-order valence-electron chi connectivity index (χ1n) is 4.12. The SMILES string of the molecule is COCOc1cncc(C#CCN)c1. The minimum absolute atomic E-state index is 0.204. The summed E-state index contributed by atoms with van der Waals surface area (Å²) in [4.78, 5) is 3.97. The molecule has 0 spiro atoms. The van der Waals surface area contributed by atoms with E-state index in [0.717, 1.165) is 5.56 Å². The van der Waals surface area contributed by atoms with Crippen LogP contribution in [0.1, 0.15) is 5.56 Å². The highest BCUT2D eigenvalue weighted by Gasteiger charge is 1.94. The van der Waals surface area contributed by atoms with Crippen LogP contribution >= 0.6 is 0 Å². The molecule has 14 heavy (non-hydrogen) atoms. The second-order valence-electron chi connectivity index (χ2n) is 2.47. The molecule has 2 N–H and O–H groups in total. The summed E-state index contributed by atoms with van der Waals surface area (Å²) in [6, 6.07) is 1.79. The zero-order valence-electron chi connectivity index (χ0n) is 7.99. The van der Waals surface area contributed by atoms with E-state index in [0.29, 0.717) is 12.3 Å². The third kappa shape index (κ3) is 3.44. The number of rotatable bonds is 3. The Morgan fingerprint density at radius 1 is 1.50 bits per heavy atom. The number of aromatic nitrogens is 1. The van der Waals surface area contributed by atoms with Crippen LogP contribution in [0.2, 0.25) is 0 Å². The first-order chi connectivity index (χ1) is 6.86. The molecule has 0 aliphatic rings. The van der Waals surface area contributed by atoms with Gasteiger partial charge in [0.25, 0.3) is 0 Å². The average molecular weight is 192 g/mol. The lowest BCUT2D eigenvalue weighted by Crippen LogP contribution is -1.99. The molecule has 0 saturated carbocycles. The van der Waals surface area contributed by atoms with Gasteiger partial charge in [0, 0.05) is 18.9 Å². The van der Waals surface area contributed by atoms with E-state index in [9.17, 15) is 0 Å². The molecule has 0 aliphatic heterocycles. The van der Waals surface area contributed by atoms with Crippen LogP contribution in [-0.4, -0.2) is 25.4 Å². The van der Waals surface area contributed by atoms with Gasteiger partial charge in [0.1, 0.15) is 5.75 Å². The lowest BCUT2D eigenvalue weighted by atomic mass is 10.3. The van der Waals surface area contributed by atoms with E-state index in [1.54, 1.807) is 25.6 Å². The van der Waals surface area contributed by atoms with E-state index in [1.165, 1.54) is 0 Å². The average Bonchev–Trinajstić information content (AvgIpc) is 2.24. The number of nitrogens with two attached hydrogens (primary N) is 1. The van der Waals surface area contributed by atoms with Crippen molar-refractivity contribution in [3.05, 3.63) is 24.0 Å². The molecule has 74 valence electrons. The maximum atomic E-state index is 5.25. The lowest BCUT2D eigenvalue weighted by Gasteiger charge is -2.03. The Morgan fingerprint density at radius 2 is 2.36 bits per heavy atom. The summed E-state index contributed by atoms with van der Waals surface area (Å²) in [5.41, 5.74) is 6.03. The molecule has 1 heterocycles. The summed E-state index contributed by atoms with van der Waals surface area (Å²) in [7, 11) is 1.56. The quantitative estimate of drug-likeness (QED) is 0.555. The molecule has 1 aromatic rings. The fraction of sp³-hybridized carbons (Fsp3) is 0.300. The Labute approximate surface area is 83.0 Å². The first-order valence-corrected chi connectivity index (χ1v) is 4.12. The predicted octanol–water partition coefficient (Wildman–Crippen LogP) is 0.375. The smallest absolute Gasteiger partial charge is 0.188 e. The van der Waals surface area contributed by atoms with Crippen LogP contribution in [0.4, 0.5) is 0 Å². The monoisotopic (exact) mass is 192 g/mol. The molecule has 0 unspecified atom stereocenters. The highest BCUT2D eigenvalue weighted by atomic mass is 16.7. The molecule has 1 rings (SSSR count). The zero-order chi connectivity index (χ0) is 10.2. The van der Waals surface area contributed by atoms with Crippen LogP contribution in [-0.2, 0) is 4.74 Å². The summed E-state index contributed by atoms with van der Waals surface area (Å²) in [5, 5.41) is 0. The fourth-order valence-electron chi connectivity index (χ4n) is 0.846. The topological polar surface area (TPSA) is 57.4 Å². The van der Waals surface area contributed by atoms with Crippen molar-refractivity contribution in [2.24, 2.45) is 5.73 Å². The van der Waals surface area contributed by atoms with Crippen molar-refractivity contribution in [1.82, 2.24) is 4.98 Å². The van der Waals surface area contributed by atoms with Crippen LogP contribution in [0.25, 0.3) is 0 Å². The van der Waals surface area contributed by atoms with Gasteiger partial charge in [-0.15, -0.1) is 0 Å². The summed E-state index contributed by atoms with van der Waals surface area (Å²) >= 11 is 0. The maximum absolute atomic E-state index is 5.25. The van der Waals surface area contributed by atoms with E-state index in [4.69, 9.17) is 15.2 Å². The van der Waals surface area contributed by atoms with E-state index < -0.39 is 0 Å². The highest BCUT2D eigenvalue weighted by Crippen LogP contribution is 2.09. The van der Waals surface area contributed by atoms with E-state index in [1.807, 2.05) is 0 Å². The summed E-state index contributed by atoms with van der Waals surface area (Å²) in [6.45, 7) is 0.540. The predicted molar refractivity (Wildman–Crippen MR) is 52.7 cm³/mol. The van der Waals surface area contributed by atoms with Gasteiger partial charge >= 0.3 is 0 Å². The molecular weight excluding hydrogens is 180 g/mol. The number of nitrogens with zero attached hydrogens (tertiary/aromatic N) is 1. The van der Waals surface area contributed by atoms with Crippen molar-refractivity contribution < 1.29 is 9.47 Å². The lowest BCUT2D eigenvalue weighted by molar-refractivity contribution is 0.0508. The van der Waals surface area contributed by atoms with Crippen molar-refractivity contribution in [1.29, 1.82) is 0 Å². The number of methoxy groups -OCH3 is 1. The molecule has 4 heteroatoms. The van der Waals surface area contributed by atoms with Gasteiger partial charge in [-0.1, -0.05) is 11.8 Å². The molecule has 0 saturated heterocycles. The second kappa shape index (κ2) is 5.97. The first kappa shape index (κ1) is 10.5. The van der Waals surface area contributed by atoms with Crippen LogP contribution < -0.4 is 10.5 Å². The Morgan fingerprint density at radius 3 is 3.07 bits per heavy atom. The molecule has 0 bridgehead atoms. The molecule has 0 atom stereocenters. The molecular formula is C10H12N2O2. The highest BCUT2D eigenvalue weighted by molar-refractivity contribution is 5.36. The molecule has 4 nitrogen and oxygen atoms in total. The standard InChI is InChI=1S/C10H12N2O2/c1-13-8-14-10-5-9(3-2-4-11)6-12-7-10/h5-7H,4,8,11H2,1H3. The fourth-order valence-corrected chi connectivity index (χ4v) is 0.846. The Hall–Kier alpha value is -1.57. The van der Waals surface area contributed by atoms with Gasteiger partial charge in [0.15, 0.2) is 6.79 Å². The maximum Gasteiger partial charge on any atom is 0.188 e. The normalized spacial score (nSPS) is 9.00. The van der Waals surface area contributed by atoms with Crippen molar-refractivity contribution >= 4 is 0 Å². The van der Waals surface area contributed by atoms with E-state index in [2.05, 4.69) is 16.8 Å². The van der Waals surface area contributed by atoms with Crippen LogP contribution in [0.15, 0.2) is 18.5 Å². The number of hydrogen-bond donors (Lipinski definition) is 1. The Balaban J connectivity index is 2.68. The van der Waals surface area contributed by atoms with E-state index in [-0.39, 0.29) is 6.79 Å². The molecule has 0 aromatic carbocycles. The van der Waals surface area contributed by atoms with Crippen molar-refractivity contribution in [2.45, 2.75) is 0 Å². The van der Waals surface area contributed by atoms with Crippen LogP contribution in [0.5, 0.6) is 5.75 Å². The van der Waals surface area contributed by atoms with Gasteiger partial charge in [-0.05, 0) is 6.07 Å². The van der Waals surface area contributed by atoms with Gasteiger partial charge in [0.2, 0.25) is 0 Å². The van der Waals surface area contributed by atoms with Crippen LogP contribution in [0.3, 0.4) is 0 Å². The second-order valence-corrected chi connectivity index (χ2v) is 2.47. The largest absolute Gasteiger partial charge is 0.466 e. The molecule has 0 radical (unpaired) electrons. The van der Waals surface area contributed by atoms with Gasteiger partial charge in [-0.3, -0.25) is 4.98 Å². The summed E-state index contributed by atoms with van der Waals surface area (Å²) < 4.78 is 9.95. The van der Waals surface area contributed by atoms with Gasteiger partial charge < -0.3 is 15.2 Å². The van der Waals surface area contributed by atoms with Gasteiger partial charge in [-0.2, -0.15) is 0 Å². The summed E-state index contributed by atoms with van der Waals surface area (Å²) in [5.74, 6) is 6.24. The Kier molecular flexibility index (Phi) is 4.48. The van der Waals surface area contributed by atoms with Crippen LogP contribution in [0, 0.1) is 11.8 Å². The molecule has 0 fully saturated rings. The summed E-state index contributed by atoms with van der Waals surface area (Å²) in [6.07, 6.45) is 3.26. The minimum atomic E-state index is 0.204. The third-order valence-electron chi connectivity index (χ3n) is 1.39. The van der Waals surface area contributed by atoms with Crippen molar-refractivity contribution in [3.63, 3.8) is 0 Å². The Bertz CT molecular complexity index is 341. The third-order valence-corrected chi connectivity index (χ3v) is 1.39. The minimum Gasteiger partial charge on any atom is -0.466 e. The number of pyridine rings is 1. The molecule has 0 amide bonds. The van der Waals surface area contributed by atoms with Crippen molar-refractivity contribution in [3.8, 4) is 17.6 Å². The number of ether oxygens (including phenoxy) is 2. The van der Waals surface area contributed by atoms with Gasteiger partial charge in [-0.25, -0.2) is 0 Å². The van der Waals surface area contributed by atoms with Crippen molar-refractivity contribution in [2.75, 3.05) is 20.4 Å². The van der Waals surface area contributed by atoms with E-state index >= 15 is 0 Å².